The second kappa shape index (κ2) is 10.7. The predicted molar refractivity (Wildman–Crippen MR) is 142 cm³/mol. The number of hydrogen-bond donors (Lipinski definition) is 0. The molecule has 6 nitrogen and oxygen atoms in total. The molecule has 0 spiro atoms. The van der Waals surface area contributed by atoms with Gasteiger partial charge in [-0.05, 0) is 31.2 Å². The van der Waals surface area contributed by atoms with E-state index in [0.717, 1.165) is 35.8 Å². The first-order valence-electron chi connectivity index (χ1n) is 11.5. The first-order valence-corrected chi connectivity index (χ1v) is 11.5. The number of anilines is 1. The molecule has 5 rings (SSSR count). The second-order valence-corrected chi connectivity index (χ2v) is 8.49. The molecular formula is C28H29ClN4O2. The van der Waals surface area contributed by atoms with E-state index in [1.807, 2.05) is 71.8 Å². The lowest BCUT2D eigenvalue weighted by Gasteiger charge is -2.36. The van der Waals surface area contributed by atoms with Crippen molar-refractivity contribution in [2.45, 2.75) is 6.92 Å². The van der Waals surface area contributed by atoms with E-state index in [2.05, 4.69) is 30.0 Å². The van der Waals surface area contributed by atoms with Crippen LogP contribution in [0, 0.1) is 6.92 Å². The fraction of sp³-hybridized carbons (Fsp3) is 0.214. The number of amides is 1. The van der Waals surface area contributed by atoms with Gasteiger partial charge in [0.1, 0.15) is 11.4 Å². The highest BCUT2D eigenvalue weighted by atomic mass is 35.5. The summed E-state index contributed by atoms with van der Waals surface area (Å²) in [6.45, 7) is 4.83. The van der Waals surface area contributed by atoms with E-state index >= 15 is 0 Å². The maximum atomic E-state index is 13.7. The molecule has 2 heterocycles. The predicted octanol–water partition coefficient (Wildman–Crippen LogP) is 5.24. The number of nitrogens with zero attached hydrogens (tertiary/aromatic N) is 4. The number of methoxy groups -OCH3 is 1. The van der Waals surface area contributed by atoms with E-state index in [0.29, 0.717) is 24.3 Å². The van der Waals surface area contributed by atoms with Gasteiger partial charge in [0.2, 0.25) is 0 Å². The highest BCUT2D eigenvalue weighted by Gasteiger charge is 2.27. The highest BCUT2D eigenvalue weighted by molar-refractivity contribution is 6.00. The van der Waals surface area contributed by atoms with Crippen molar-refractivity contribution >= 4 is 24.0 Å². The van der Waals surface area contributed by atoms with Crippen LogP contribution < -0.4 is 9.64 Å². The minimum absolute atomic E-state index is 0. The van der Waals surface area contributed by atoms with E-state index < -0.39 is 0 Å². The van der Waals surface area contributed by atoms with Gasteiger partial charge < -0.3 is 14.5 Å². The molecule has 0 N–H and O–H groups in total. The van der Waals surface area contributed by atoms with Crippen molar-refractivity contribution in [1.29, 1.82) is 0 Å². The van der Waals surface area contributed by atoms with E-state index in [1.165, 1.54) is 5.56 Å². The number of ether oxygens (including phenoxy) is 1. The molecule has 3 aromatic carbocycles. The number of aryl methyl sites for hydroxylation is 1. The van der Waals surface area contributed by atoms with Crippen molar-refractivity contribution in [3.05, 3.63) is 96.2 Å². The average Bonchev–Trinajstić information content (AvgIpc) is 3.35. The zero-order valence-corrected chi connectivity index (χ0v) is 20.7. The Kier molecular flexibility index (Phi) is 7.42. The SMILES string of the molecule is COc1ccccc1N1CCN(C(=O)c2cn(-c3ccccc3)nc2-c2ccc(C)cc2)CC1.Cl. The standard InChI is InChI=1S/C28H28N4O2.ClH/c1-21-12-14-22(15-13-21)27-24(20-32(29-27)23-8-4-3-5-9-23)28(33)31-18-16-30(17-19-31)25-10-6-7-11-26(25)34-2;/h3-15,20H,16-19H2,1-2H3;1H. The first-order chi connectivity index (χ1) is 16.6. The molecular weight excluding hydrogens is 460 g/mol. The number of rotatable bonds is 5. The molecule has 0 unspecified atom stereocenters. The lowest BCUT2D eigenvalue weighted by molar-refractivity contribution is 0.0747. The largest absolute Gasteiger partial charge is 0.495 e. The lowest BCUT2D eigenvalue weighted by Crippen LogP contribution is -2.48. The Bertz CT molecular complexity index is 1280. The highest BCUT2D eigenvalue weighted by Crippen LogP contribution is 2.30. The van der Waals surface area contributed by atoms with E-state index in [9.17, 15) is 4.79 Å². The fourth-order valence-corrected chi connectivity index (χ4v) is 4.38. The molecule has 180 valence electrons. The number of hydrogen-bond acceptors (Lipinski definition) is 4. The molecule has 1 fully saturated rings. The van der Waals surface area contributed by atoms with Gasteiger partial charge in [0.05, 0.1) is 24.0 Å². The summed E-state index contributed by atoms with van der Waals surface area (Å²) in [6.07, 6.45) is 1.86. The van der Waals surface area contributed by atoms with Crippen LogP contribution in [0.4, 0.5) is 5.69 Å². The Morgan fingerprint density at radius 3 is 2.20 bits per heavy atom. The minimum atomic E-state index is 0. The van der Waals surface area contributed by atoms with Crippen LogP contribution in [-0.4, -0.2) is 53.9 Å². The summed E-state index contributed by atoms with van der Waals surface area (Å²) in [5.41, 5.74) is 5.44. The van der Waals surface area contributed by atoms with Crippen molar-refractivity contribution in [2.75, 3.05) is 38.2 Å². The Morgan fingerprint density at radius 2 is 1.51 bits per heavy atom. The van der Waals surface area contributed by atoms with Gasteiger partial charge in [-0.1, -0.05) is 60.2 Å². The third kappa shape index (κ3) is 5.03. The topological polar surface area (TPSA) is 50.6 Å². The van der Waals surface area contributed by atoms with Crippen LogP contribution in [0.1, 0.15) is 15.9 Å². The maximum Gasteiger partial charge on any atom is 0.257 e. The van der Waals surface area contributed by atoms with Gasteiger partial charge in [-0.2, -0.15) is 5.10 Å². The average molecular weight is 489 g/mol. The molecule has 0 saturated carbocycles. The van der Waals surface area contributed by atoms with Crippen LogP contribution in [0.25, 0.3) is 16.9 Å². The Hall–Kier alpha value is -3.77. The van der Waals surface area contributed by atoms with Crippen LogP contribution in [0.5, 0.6) is 5.75 Å². The number of benzene rings is 3. The first kappa shape index (κ1) is 24.4. The molecule has 1 amide bonds. The minimum Gasteiger partial charge on any atom is -0.495 e. The van der Waals surface area contributed by atoms with E-state index in [1.54, 1.807) is 11.8 Å². The summed E-state index contributed by atoms with van der Waals surface area (Å²) >= 11 is 0. The van der Waals surface area contributed by atoms with Crippen molar-refractivity contribution in [2.24, 2.45) is 0 Å². The summed E-state index contributed by atoms with van der Waals surface area (Å²) in [5.74, 6) is 0.866. The number of carbonyl (C=O) groups excluding carboxylic acids is 1. The molecule has 4 aromatic rings. The maximum absolute atomic E-state index is 13.7. The van der Waals surface area contributed by atoms with Crippen LogP contribution >= 0.6 is 12.4 Å². The zero-order valence-electron chi connectivity index (χ0n) is 19.9. The van der Waals surface area contributed by atoms with Crippen molar-refractivity contribution in [3.8, 4) is 22.7 Å². The Labute approximate surface area is 212 Å². The molecule has 1 aliphatic rings. The lowest BCUT2D eigenvalue weighted by atomic mass is 10.1. The summed E-state index contributed by atoms with van der Waals surface area (Å²) < 4.78 is 7.33. The molecule has 35 heavy (non-hydrogen) atoms. The normalized spacial score (nSPS) is 13.3. The third-order valence-electron chi connectivity index (χ3n) is 6.28. The Balaban J connectivity index is 0.00000289. The molecule has 7 heteroatoms. The van der Waals surface area contributed by atoms with Gasteiger partial charge in [-0.3, -0.25) is 4.79 Å². The third-order valence-corrected chi connectivity index (χ3v) is 6.28. The molecule has 0 aliphatic carbocycles. The van der Waals surface area contributed by atoms with Gasteiger partial charge in [0.15, 0.2) is 0 Å². The van der Waals surface area contributed by atoms with Gasteiger partial charge in [0.25, 0.3) is 5.91 Å². The smallest absolute Gasteiger partial charge is 0.257 e. The van der Waals surface area contributed by atoms with Gasteiger partial charge in [-0.25, -0.2) is 4.68 Å². The molecule has 1 aromatic heterocycles. The number of carbonyl (C=O) groups is 1. The number of aromatic nitrogens is 2. The van der Waals surface area contributed by atoms with Crippen LogP contribution in [0.15, 0.2) is 85.1 Å². The van der Waals surface area contributed by atoms with Gasteiger partial charge >= 0.3 is 0 Å². The van der Waals surface area contributed by atoms with Gasteiger partial charge in [-0.15, -0.1) is 12.4 Å². The van der Waals surface area contributed by atoms with Crippen molar-refractivity contribution in [1.82, 2.24) is 14.7 Å². The summed E-state index contributed by atoms with van der Waals surface area (Å²) in [7, 11) is 1.69. The summed E-state index contributed by atoms with van der Waals surface area (Å²) in [4.78, 5) is 17.9. The summed E-state index contributed by atoms with van der Waals surface area (Å²) in [6, 6.07) is 26.1. The quantitative estimate of drug-likeness (QED) is 0.385. The molecule has 0 radical (unpaired) electrons. The molecule has 0 bridgehead atoms. The Morgan fingerprint density at radius 1 is 0.857 bits per heavy atom. The van der Waals surface area contributed by atoms with Crippen molar-refractivity contribution in [3.63, 3.8) is 0 Å². The molecule has 1 saturated heterocycles. The zero-order chi connectivity index (χ0) is 23.5. The van der Waals surface area contributed by atoms with Gasteiger partial charge in [0, 0.05) is 37.9 Å². The summed E-state index contributed by atoms with van der Waals surface area (Å²) in [5, 5.41) is 4.82. The molecule has 0 atom stereocenters. The number of halogens is 1. The fourth-order valence-electron chi connectivity index (χ4n) is 4.38. The number of piperazine rings is 1. The van der Waals surface area contributed by atoms with Crippen molar-refractivity contribution < 1.29 is 9.53 Å². The monoisotopic (exact) mass is 488 g/mol. The van der Waals surface area contributed by atoms with E-state index in [-0.39, 0.29) is 18.3 Å². The van der Waals surface area contributed by atoms with Crippen LogP contribution in [-0.2, 0) is 0 Å². The number of para-hydroxylation sites is 3. The van der Waals surface area contributed by atoms with Crippen LogP contribution in [0.2, 0.25) is 0 Å². The molecule has 1 aliphatic heterocycles. The second-order valence-electron chi connectivity index (χ2n) is 8.49. The van der Waals surface area contributed by atoms with Crippen LogP contribution in [0.3, 0.4) is 0 Å². The van der Waals surface area contributed by atoms with E-state index in [4.69, 9.17) is 9.84 Å².